The van der Waals surface area contributed by atoms with Crippen molar-refractivity contribution in [2.45, 2.75) is 24.8 Å². The molecule has 2 rings (SSSR count). The third kappa shape index (κ3) is 1.65. The average Bonchev–Trinajstić information content (AvgIpc) is 2.05. The molecule has 2 saturated heterocycles. The highest BCUT2D eigenvalue weighted by Gasteiger charge is 2.42. The lowest BCUT2D eigenvalue weighted by atomic mass is 10.1. The first kappa shape index (κ1) is 8.87. The molecule has 5 heteroatoms. The summed E-state index contributed by atoms with van der Waals surface area (Å²) in [6, 6.07) is 0. The van der Waals surface area contributed by atoms with Crippen LogP contribution in [0.1, 0.15) is 13.3 Å². The second-order valence-electron chi connectivity index (χ2n) is 3.27. The Hall–Kier alpha value is -0.710. The van der Waals surface area contributed by atoms with Crippen LogP contribution in [-0.4, -0.2) is 40.6 Å². The van der Waals surface area contributed by atoms with E-state index in [-0.39, 0.29) is 18.0 Å². The lowest BCUT2D eigenvalue weighted by molar-refractivity contribution is -0.153. The highest BCUT2D eigenvalue weighted by molar-refractivity contribution is 8.00. The van der Waals surface area contributed by atoms with Gasteiger partial charge in [-0.05, 0) is 0 Å². The van der Waals surface area contributed by atoms with Gasteiger partial charge in [-0.3, -0.25) is 9.59 Å². The normalized spacial score (nSPS) is 32.1. The van der Waals surface area contributed by atoms with E-state index >= 15 is 0 Å². The van der Waals surface area contributed by atoms with Crippen LogP contribution in [0.15, 0.2) is 0 Å². The monoisotopic (exact) mass is 201 g/mol. The largest absolute Gasteiger partial charge is 0.460 e. The molecular weight excluding hydrogens is 190 g/mol. The van der Waals surface area contributed by atoms with Crippen molar-refractivity contribution >= 4 is 23.6 Å². The molecule has 2 heterocycles. The zero-order valence-electron chi connectivity index (χ0n) is 7.36. The fourth-order valence-corrected chi connectivity index (χ4v) is 2.84. The SMILES string of the molecule is CC(=O)OC1CS[C@@H]2CC(=O)N2C1. The fraction of sp³-hybridized carbons (Fsp3) is 0.750. The zero-order chi connectivity index (χ0) is 9.42. The van der Waals surface area contributed by atoms with Gasteiger partial charge in [0.15, 0.2) is 0 Å². The minimum Gasteiger partial charge on any atom is -0.460 e. The Bertz CT molecular complexity index is 256. The topological polar surface area (TPSA) is 46.6 Å². The summed E-state index contributed by atoms with van der Waals surface area (Å²) < 4.78 is 5.04. The number of thioether (sulfide) groups is 1. The highest BCUT2D eigenvalue weighted by Crippen LogP contribution is 2.34. The van der Waals surface area contributed by atoms with Gasteiger partial charge in [0, 0.05) is 12.7 Å². The average molecular weight is 201 g/mol. The number of fused-ring (bicyclic) bond motifs is 1. The van der Waals surface area contributed by atoms with Gasteiger partial charge in [-0.25, -0.2) is 0 Å². The smallest absolute Gasteiger partial charge is 0.302 e. The van der Waals surface area contributed by atoms with E-state index in [1.165, 1.54) is 6.92 Å². The summed E-state index contributed by atoms with van der Waals surface area (Å²) in [5, 5.41) is 0.347. The van der Waals surface area contributed by atoms with Gasteiger partial charge >= 0.3 is 5.97 Å². The molecule has 2 fully saturated rings. The van der Waals surface area contributed by atoms with Gasteiger partial charge in [0.25, 0.3) is 0 Å². The van der Waals surface area contributed by atoms with Crippen LogP contribution in [0.25, 0.3) is 0 Å². The number of β-lactam (4-membered cyclic amide) rings is 1. The van der Waals surface area contributed by atoms with Crippen molar-refractivity contribution in [2.75, 3.05) is 12.3 Å². The van der Waals surface area contributed by atoms with E-state index in [1.54, 1.807) is 16.7 Å². The van der Waals surface area contributed by atoms with Crippen LogP contribution in [0.4, 0.5) is 0 Å². The van der Waals surface area contributed by atoms with Crippen molar-refractivity contribution < 1.29 is 14.3 Å². The molecule has 0 radical (unpaired) electrons. The minimum absolute atomic E-state index is 0.108. The fourth-order valence-electron chi connectivity index (χ4n) is 1.59. The first-order valence-corrected chi connectivity index (χ1v) is 5.30. The quantitative estimate of drug-likeness (QED) is 0.450. The predicted octanol–water partition coefficient (Wildman–Crippen LogP) is 0.223. The Morgan fingerprint density at radius 1 is 1.69 bits per heavy atom. The first-order chi connectivity index (χ1) is 6.16. The maximum Gasteiger partial charge on any atom is 0.302 e. The molecule has 0 aromatic rings. The maximum atomic E-state index is 11.1. The second-order valence-corrected chi connectivity index (χ2v) is 4.48. The summed E-state index contributed by atoms with van der Waals surface area (Å²) >= 11 is 1.69. The molecule has 72 valence electrons. The minimum atomic E-state index is -0.267. The molecule has 0 N–H and O–H groups in total. The van der Waals surface area contributed by atoms with E-state index in [1.807, 2.05) is 0 Å². The molecular formula is C8H11NO3S. The van der Waals surface area contributed by atoms with Gasteiger partial charge in [0.1, 0.15) is 6.10 Å². The molecule has 2 atom stereocenters. The van der Waals surface area contributed by atoms with Crippen LogP contribution in [0.2, 0.25) is 0 Å². The molecule has 0 spiro atoms. The third-order valence-electron chi connectivity index (χ3n) is 2.22. The van der Waals surface area contributed by atoms with Crippen molar-refractivity contribution in [3.05, 3.63) is 0 Å². The van der Waals surface area contributed by atoms with Crippen molar-refractivity contribution in [2.24, 2.45) is 0 Å². The van der Waals surface area contributed by atoms with Gasteiger partial charge < -0.3 is 9.64 Å². The van der Waals surface area contributed by atoms with Gasteiger partial charge in [0.2, 0.25) is 5.91 Å². The molecule has 0 aromatic carbocycles. The van der Waals surface area contributed by atoms with E-state index in [2.05, 4.69) is 0 Å². The first-order valence-electron chi connectivity index (χ1n) is 4.25. The molecule has 13 heavy (non-hydrogen) atoms. The number of hydrogen-bond acceptors (Lipinski definition) is 4. The van der Waals surface area contributed by atoms with E-state index in [0.717, 1.165) is 5.75 Å². The summed E-state index contributed by atoms with van der Waals surface area (Å²) in [6.07, 6.45) is 0.542. The predicted molar refractivity (Wildman–Crippen MR) is 48.1 cm³/mol. The standard InChI is InChI=1S/C8H11NO3S/c1-5(10)12-6-3-9-7(11)2-8(9)13-4-6/h6,8H,2-4H2,1H3/t6?,8-/m1/s1. The number of rotatable bonds is 1. The van der Waals surface area contributed by atoms with Crippen molar-refractivity contribution in [1.82, 2.24) is 4.90 Å². The van der Waals surface area contributed by atoms with Crippen molar-refractivity contribution in [1.29, 1.82) is 0 Å². The summed E-state index contributed by atoms with van der Waals surface area (Å²) in [5.74, 6) is 0.722. The Labute approximate surface area is 80.6 Å². The molecule has 1 unspecified atom stereocenters. The van der Waals surface area contributed by atoms with E-state index in [0.29, 0.717) is 18.3 Å². The van der Waals surface area contributed by atoms with Crippen LogP contribution in [0, 0.1) is 0 Å². The summed E-state index contributed by atoms with van der Waals surface area (Å²) in [6.45, 7) is 1.98. The molecule has 0 aliphatic carbocycles. The van der Waals surface area contributed by atoms with Gasteiger partial charge in [-0.2, -0.15) is 0 Å². The maximum absolute atomic E-state index is 11.1. The third-order valence-corrected chi connectivity index (χ3v) is 3.59. The Balaban J connectivity index is 1.89. The van der Waals surface area contributed by atoms with Gasteiger partial charge in [0.05, 0.1) is 18.3 Å². The zero-order valence-corrected chi connectivity index (χ0v) is 8.17. The Morgan fingerprint density at radius 2 is 2.46 bits per heavy atom. The van der Waals surface area contributed by atoms with Crippen LogP contribution < -0.4 is 0 Å². The van der Waals surface area contributed by atoms with Crippen LogP contribution in [0.5, 0.6) is 0 Å². The highest BCUT2D eigenvalue weighted by atomic mass is 32.2. The number of carbonyl (C=O) groups excluding carboxylic acids is 2. The number of carbonyl (C=O) groups is 2. The summed E-state index contributed by atoms with van der Waals surface area (Å²) in [7, 11) is 0. The van der Waals surface area contributed by atoms with Crippen LogP contribution in [0.3, 0.4) is 0 Å². The van der Waals surface area contributed by atoms with Gasteiger partial charge in [-0.15, -0.1) is 11.8 Å². The summed E-state index contributed by atoms with van der Waals surface area (Å²) in [5.41, 5.74) is 0. The number of esters is 1. The van der Waals surface area contributed by atoms with Crippen LogP contribution >= 0.6 is 11.8 Å². The molecule has 2 aliphatic rings. The van der Waals surface area contributed by atoms with E-state index in [9.17, 15) is 9.59 Å². The Kier molecular flexibility index (Phi) is 2.19. The molecule has 0 saturated carbocycles. The lowest BCUT2D eigenvalue weighted by Gasteiger charge is -2.45. The molecule has 1 amide bonds. The Morgan fingerprint density at radius 3 is 3.08 bits per heavy atom. The number of nitrogens with zero attached hydrogens (tertiary/aromatic N) is 1. The number of amides is 1. The van der Waals surface area contributed by atoms with Crippen molar-refractivity contribution in [3.8, 4) is 0 Å². The van der Waals surface area contributed by atoms with E-state index in [4.69, 9.17) is 4.74 Å². The molecule has 0 bridgehead atoms. The second kappa shape index (κ2) is 3.21. The molecule has 4 nitrogen and oxygen atoms in total. The summed E-state index contributed by atoms with van der Waals surface area (Å²) in [4.78, 5) is 23.5. The lowest BCUT2D eigenvalue weighted by Crippen LogP contribution is -2.57. The van der Waals surface area contributed by atoms with Gasteiger partial charge in [-0.1, -0.05) is 0 Å². The number of ether oxygens (including phenoxy) is 1. The molecule has 0 aromatic heterocycles. The van der Waals surface area contributed by atoms with E-state index < -0.39 is 0 Å². The molecule has 2 aliphatic heterocycles. The van der Waals surface area contributed by atoms with Crippen molar-refractivity contribution in [3.63, 3.8) is 0 Å². The number of hydrogen-bond donors (Lipinski definition) is 0. The van der Waals surface area contributed by atoms with Crippen LogP contribution in [-0.2, 0) is 14.3 Å².